The van der Waals surface area contributed by atoms with Gasteiger partial charge in [0.05, 0.1) is 5.39 Å². The molecule has 4 rings (SSSR count). The van der Waals surface area contributed by atoms with Gasteiger partial charge < -0.3 is 5.32 Å². The molecule has 1 N–H and O–H groups in total. The van der Waals surface area contributed by atoms with Crippen molar-refractivity contribution >= 4 is 33.4 Å². The summed E-state index contributed by atoms with van der Waals surface area (Å²) < 4.78 is 0. The van der Waals surface area contributed by atoms with Gasteiger partial charge in [0, 0.05) is 12.7 Å². The third-order valence-corrected chi connectivity index (χ3v) is 4.52. The highest BCUT2D eigenvalue weighted by Crippen LogP contribution is 2.27. The lowest BCUT2D eigenvalue weighted by molar-refractivity contribution is 1.16. The first-order valence-electron chi connectivity index (χ1n) is 8.02. The van der Waals surface area contributed by atoms with E-state index in [4.69, 9.17) is 0 Å². The Balaban J connectivity index is 1.58. The Morgan fingerprint density at radius 2 is 1.84 bits per heavy atom. The van der Waals surface area contributed by atoms with Crippen molar-refractivity contribution in [1.82, 2.24) is 15.0 Å². The van der Waals surface area contributed by atoms with Crippen molar-refractivity contribution in [2.75, 3.05) is 11.9 Å². The molecular weight excluding hydrogens is 328 g/mol. The van der Waals surface area contributed by atoms with E-state index >= 15 is 0 Å². The predicted molar refractivity (Wildman–Crippen MR) is 105 cm³/mol. The number of aromatic nitrogens is 3. The molecule has 5 heteroatoms. The zero-order chi connectivity index (χ0) is 16.9. The van der Waals surface area contributed by atoms with E-state index in [-0.39, 0.29) is 0 Å². The Hall–Kier alpha value is -3.05. The fourth-order valence-corrected chi connectivity index (χ4v) is 3.28. The maximum absolute atomic E-state index is 4.68. The highest BCUT2D eigenvalue weighted by Gasteiger charge is 2.10. The molecule has 0 saturated carbocycles. The van der Waals surface area contributed by atoms with Crippen LogP contribution < -0.4 is 5.32 Å². The topological polar surface area (TPSA) is 50.7 Å². The monoisotopic (exact) mass is 344 g/mol. The maximum atomic E-state index is 4.68. The van der Waals surface area contributed by atoms with Crippen molar-refractivity contribution < 1.29 is 0 Å². The van der Waals surface area contributed by atoms with Crippen molar-refractivity contribution in [2.24, 2.45) is 0 Å². The molecule has 4 aromatic rings. The van der Waals surface area contributed by atoms with Gasteiger partial charge >= 0.3 is 0 Å². The van der Waals surface area contributed by atoms with Crippen LogP contribution in [0.4, 0.5) is 5.82 Å². The molecule has 1 aromatic carbocycles. The van der Waals surface area contributed by atoms with Crippen LogP contribution in [0, 0.1) is 0 Å². The number of pyridine rings is 1. The number of fused-ring (bicyclic) bond motifs is 1. The summed E-state index contributed by atoms with van der Waals surface area (Å²) in [4.78, 5) is 14.6. The molecule has 0 atom stereocenters. The van der Waals surface area contributed by atoms with Gasteiger partial charge in [-0.3, -0.25) is 4.98 Å². The Morgan fingerprint density at radius 1 is 0.960 bits per heavy atom. The molecule has 4 nitrogen and oxygen atoms in total. The van der Waals surface area contributed by atoms with Gasteiger partial charge in [-0.2, -0.15) is 0 Å². The lowest BCUT2D eigenvalue weighted by Crippen LogP contribution is -2.03. The normalized spacial score (nSPS) is 11.2. The number of hydrogen-bond acceptors (Lipinski definition) is 5. The lowest BCUT2D eigenvalue weighted by Gasteiger charge is -2.07. The number of benzene rings is 1. The SMILES string of the molecule is C(=C\c1ccccc1)/CNc1nc(-c2ccccn2)nc2sccc12. The van der Waals surface area contributed by atoms with Crippen LogP contribution in [0.15, 0.2) is 72.3 Å². The lowest BCUT2D eigenvalue weighted by atomic mass is 10.2. The van der Waals surface area contributed by atoms with Gasteiger partial charge in [0.15, 0.2) is 5.82 Å². The molecule has 0 spiro atoms. The van der Waals surface area contributed by atoms with Crippen LogP contribution in [0.25, 0.3) is 27.8 Å². The van der Waals surface area contributed by atoms with E-state index < -0.39 is 0 Å². The summed E-state index contributed by atoms with van der Waals surface area (Å²) in [5.41, 5.74) is 1.96. The smallest absolute Gasteiger partial charge is 0.181 e. The molecule has 0 saturated heterocycles. The summed E-state index contributed by atoms with van der Waals surface area (Å²) in [7, 11) is 0. The van der Waals surface area contributed by atoms with E-state index in [2.05, 4.69) is 44.6 Å². The first-order chi connectivity index (χ1) is 12.4. The van der Waals surface area contributed by atoms with Crippen molar-refractivity contribution in [2.45, 2.75) is 0 Å². The van der Waals surface area contributed by atoms with E-state index in [1.54, 1.807) is 17.5 Å². The second kappa shape index (κ2) is 7.23. The average molecular weight is 344 g/mol. The minimum Gasteiger partial charge on any atom is -0.366 e. The molecular formula is C20H16N4S. The zero-order valence-corrected chi connectivity index (χ0v) is 14.3. The number of nitrogens with zero attached hydrogens (tertiary/aromatic N) is 3. The number of nitrogens with one attached hydrogen (secondary N) is 1. The van der Waals surface area contributed by atoms with Gasteiger partial charge in [-0.1, -0.05) is 48.6 Å². The number of rotatable bonds is 5. The van der Waals surface area contributed by atoms with Crippen LogP contribution in [0.3, 0.4) is 0 Å². The summed E-state index contributed by atoms with van der Waals surface area (Å²) in [6, 6.07) is 18.1. The molecule has 0 amide bonds. The third kappa shape index (κ3) is 3.56. The molecule has 3 heterocycles. The van der Waals surface area contributed by atoms with Crippen LogP contribution >= 0.6 is 11.3 Å². The van der Waals surface area contributed by atoms with Crippen LogP contribution in [0.5, 0.6) is 0 Å². The standard InChI is InChI=1S/C20H16N4S/c1-2-7-15(8-3-1)9-6-13-22-18-16-11-14-25-20(16)24-19(23-18)17-10-4-5-12-21-17/h1-12,14H,13H2,(H,22,23,24)/b9-6+. The Bertz CT molecular complexity index is 994. The Kier molecular flexibility index (Phi) is 4.48. The summed E-state index contributed by atoms with van der Waals surface area (Å²) in [5.74, 6) is 1.48. The molecule has 0 radical (unpaired) electrons. The highest BCUT2D eigenvalue weighted by molar-refractivity contribution is 7.16. The molecule has 0 fully saturated rings. The molecule has 0 aliphatic carbocycles. The maximum Gasteiger partial charge on any atom is 0.181 e. The van der Waals surface area contributed by atoms with E-state index in [0.29, 0.717) is 12.4 Å². The van der Waals surface area contributed by atoms with Crippen molar-refractivity contribution in [3.05, 3.63) is 77.8 Å². The second-order valence-electron chi connectivity index (χ2n) is 5.44. The molecule has 0 unspecified atom stereocenters. The fourth-order valence-electron chi connectivity index (χ4n) is 2.51. The van der Waals surface area contributed by atoms with E-state index in [9.17, 15) is 0 Å². The number of thiophene rings is 1. The third-order valence-electron chi connectivity index (χ3n) is 3.72. The summed E-state index contributed by atoms with van der Waals surface area (Å²) in [6.07, 6.45) is 5.95. The Morgan fingerprint density at radius 3 is 2.68 bits per heavy atom. The van der Waals surface area contributed by atoms with Gasteiger partial charge in [-0.25, -0.2) is 9.97 Å². The largest absolute Gasteiger partial charge is 0.366 e. The minimum atomic E-state index is 0.644. The van der Waals surface area contributed by atoms with Gasteiger partial charge in [0.1, 0.15) is 16.3 Å². The van der Waals surface area contributed by atoms with Gasteiger partial charge in [-0.05, 0) is 29.1 Å². The van der Waals surface area contributed by atoms with E-state index in [0.717, 1.165) is 21.7 Å². The Labute approximate surface area is 149 Å². The first-order valence-corrected chi connectivity index (χ1v) is 8.90. The molecule has 0 bridgehead atoms. The highest BCUT2D eigenvalue weighted by atomic mass is 32.1. The number of hydrogen-bond donors (Lipinski definition) is 1. The molecule has 0 aliphatic rings. The van der Waals surface area contributed by atoms with Crippen LogP contribution in [0.2, 0.25) is 0 Å². The molecule has 122 valence electrons. The second-order valence-corrected chi connectivity index (χ2v) is 6.34. The van der Waals surface area contributed by atoms with E-state index in [1.165, 1.54) is 5.56 Å². The molecule has 3 aromatic heterocycles. The summed E-state index contributed by atoms with van der Waals surface area (Å²) in [5, 5.41) is 6.47. The van der Waals surface area contributed by atoms with Crippen LogP contribution in [-0.4, -0.2) is 21.5 Å². The molecule has 25 heavy (non-hydrogen) atoms. The van der Waals surface area contributed by atoms with Crippen LogP contribution in [0.1, 0.15) is 5.56 Å². The van der Waals surface area contributed by atoms with Crippen molar-refractivity contribution in [3.8, 4) is 11.5 Å². The zero-order valence-electron chi connectivity index (χ0n) is 13.5. The average Bonchev–Trinajstić information content (AvgIpc) is 3.15. The quantitative estimate of drug-likeness (QED) is 0.561. The van der Waals surface area contributed by atoms with Crippen LogP contribution in [-0.2, 0) is 0 Å². The minimum absolute atomic E-state index is 0.644. The van der Waals surface area contributed by atoms with Crippen molar-refractivity contribution in [1.29, 1.82) is 0 Å². The number of anilines is 1. The summed E-state index contributed by atoms with van der Waals surface area (Å²) >= 11 is 1.61. The van der Waals surface area contributed by atoms with Gasteiger partial charge in [0.25, 0.3) is 0 Å². The van der Waals surface area contributed by atoms with Gasteiger partial charge in [0.2, 0.25) is 0 Å². The first kappa shape index (κ1) is 15.5. The van der Waals surface area contributed by atoms with E-state index in [1.807, 2.05) is 47.8 Å². The predicted octanol–water partition coefficient (Wildman–Crippen LogP) is 4.88. The molecule has 0 aliphatic heterocycles. The van der Waals surface area contributed by atoms with Gasteiger partial charge in [-0.15, -0.1) is 11.3 Å². The fraction of sp³-hybridized carbons (Fsp3) is 0.0500. The van der Waals surface area contributed by atoms with Crippen molar-refractivity contribution in [3.63, 3.8) is 0 Å². The summed E-state index contributed by atoms with van der Waals surface area (Å²) in [6.45, 7) is 0.693.